The zero-order valence-electron chi connectivity index (χ0n) is 17.9. The van der Waals surface area contributed by atoms with Crippen LogP contribution in [0.1, 0.15) is 24.1 Å². The van der Waals surface area contributed by atoms with Crippen LogP contribution in [0.2, 0.25) is 0 Å². The molecule has 5 rings (SSSR count). The van der Waals surface area contributed by atoms with Crippen molar-refractivity contribution in [1.29, 1.82) is 0 Å². The first-order chi connectivity index (χ1) is 14.9. The van der Waals surface area contributed by atoms with Gasteiger partial charge in [-0.1, -0.05) is 0 Å². The molecule has 3 heterocycles. The van der Waals surface area contributed by atoms with Gasteiger partial charge in [0.25, 0.3) is 0 Å². The minimum atomic E-state index is -0.335. The first kappa shape index (κ1) is 19.7. The van der Waals surface area contributed by atoms with Gasteiger partial charge in [0.15, 0.2) is 0 Å². The average Bonchev–Trinajstić information content (AvgIpc) is 3.15. The topological polar surface area (TPSA) is 81.0 Å². The third kappa shape index (κ3) is 4.04. The van der Waals surface area contributed by atoms with Crippen LogP contribution in [0.25, 0.3) is 0 Å². The summed E-state index contributed by atoms with van der Waals surface area (Å²) in [5, 5.41) is 8.01. The van der Waals surface area contributed by atoms with Gasteiger partial charge >= 0.3 is 6.01 Å². The summed E-state index contributed by atoms with van der Waals surface area (Å²) in [5.41, 5.74) is 1.77. The summed E-state index contributed by atoms with van der Waals surface area (Å²) < 4.78 is 21.0. The average molecular weight is 423 g/mol. The third-order valence-corrected chi connectivity index (χ3v) is 6.19. The van der Waals surface area contributed by atoms with E-state index >= 15 is 0 Å². The highest BCUT2D eigenvalue weighted by Crippen LogP contribution is 2.39. The molecule has 2 bridgehead atoms. The van der Waals surface area contributed by atoms with Crippen molar-refractivity contribution in [1.82, 2.24) is 24.7 Å². The summed E-state index contributed by atoms with van der Waals surface area (Å²) in [6, 6.07) is 7.27. The normalized spacial score (nSPS) is 22.6. The third-order valence-electron chi connectivity index (χ3n) is 6.19. The van der Waals surface area contributed by atoms with E-state index in [1.54, 1.807) is 24.1 Å². The molecule has 3 atom stereocenters. The van der Waals surface area contributed by atoms with E-state index in [9.17, 15) is 4.39 Å². The molecule has 1 aromatic carbocycles. The molecular weight excluding hydrogens is 397 g/mol. The lowest BCUT2D eigenvalue weighted by Gasteiger charge is -2.38. The molecule has 2 aliphatic rings. The van der Waals surface area contributed by atoms with Crippen molar-refractivity contribution in [3.63, 3.8) is 0 Å². The van der Waals surface area contributed by atoms with E-state index in [1.807, 2.05) is 19.9 Å². The van der Waals surface area contributed by atoms with Gasteiger partial charge in [-0.3, -0.25) is 0 Å². The number of nitrogens with one attached hydrogen (secondary N) is 1. The number of hydrogen-bond donors (Lipinski definition) is 1. The number of aromatic nitrogens is 5. The van der Waals surface area contributed by atoms with Crippen molar-refractivity contribution in [3.8, 4) is 11.8 Å². The zero-order chi connectivity index (χ0) is 21.5. The Hall–Kier alpha value is -3.23. The van der Waals surface area contributed by atoms with Crippen molar-refractivity contribution in [2.75, 3.05) is 23.3 Å². The quantitative estimate of drug-likeness (QED) is 0.673. The fraction of sp³-hybridized carbons (Fsp3) is 0.455. The summed E-state index contributed by atoms with van der Waals surface area (Å²) in [6.45, 7) is 5.71. The predicted octanol–water partition coefficient (Wildman–Crippen LogP) is 3.48. The van der Waals surface area contributed by atoms with Crippen LogP contribution >= 0.6 is 0 Å². The van der Waals surface area contributed by atoms with Gasteiger partial charge in [-0.05, 0) is 56.2 Å². The predicted molar refractivity (Wildman–Crippen MR) is 115 cm³/mol. The molecule has 31 heavy (non-hydrogen) atoms. The lowest BCUT2D eigenvalue weighted by Crippen LogP contribution is -2.48. The highest BCUT2D eigenvalue weighted by atomic mass is 19.1. The number of rotatable bonds is 5. The Bertz CT molecular complexity index is 1070. The van der Waals surface area contributed by atoms with Gasteiger partial charge < -0.3 is 15.0 Å². The molecule has 1 N–H and O–H groups in total. The van der Waals surface area contributed by atoms with E-state index in [1.165, 1.54) is 25.0 Å². The molecular formula is C22H26FN7O. The van der Waals surface area contributed by atoms with E-state index in [0.717, 1.165) is 30.2 Å². The van der Waals surface area contributed by atoms with Crippen molar-refractivity contribution < 1.29 is 9.13 Å². The number of fused-ring (bicyclic) bond motifs is 2. The highest BCUT2D eigenvalue weighted by Gasteiger charge is 2.43. The summed E-state index contributed by atoms with van der Waals surface area (Å²) in [4.78, 5) is 15.5. The Labute approximate surface area is 180 Å². The molecule has 1 saturated heterocycles. The second kappa shape index (κ2) is 7.79. The van der Waals surface area contributed by atoms with Crippen molar-refractivity contribution in [3.05, 3.63) is 47.7 Å². The summed E-state index contributed by atoms with van der Waals surface area (Å²) >= 11 is 0. The number of ether oxygens (including phenoxy) is 1. The molecule has 0 spiro atoms. The molecule has 1 aliphatic heterocycles. The highest BCUT2D eigenvalue weighted by molar-refractivity contribution is 5.42. The van der Waals surface area contributed by atoms with Gasteiger partial charge in [0.2, 0.25) is 5.95 Å². The molecule has 0 unspecified atom stereocenters. The van der Waals surface area contributed by atoms with Gasteiger partial charge in [-0.25, -0.2) is 19.0 Å². The Morgan fingerprint density at radius 3 is 2.55 bits per heavy atom. The molecule has 9 heteroatoms. The van der Waals surface area contributed by atoms with E-state index in [4.69, 9.17) is 4.74 Å². The van der Waals surface area contributed by atoms with Crippen LogP contribution in [0.3, 0.4) is 0 Å². The molecule has 0 radical (unpaired) electrons. The van der Waals surface area contributed by atoms with Crippen LogP contribution in [-0.2, 0) is 7.05 Å². The lowest BCUT2D eigenvalue weighted by atomic mass is 9.92. The standard InChI is InChI=1S/C22H26FN7O/c1-13-6-17(23)9-18(7-13)31-22-27-21(28-29(22)3)26-20-15-4-5-16(20)11-30(10-15)19-8-14(2)24-12-25-19/h6-9,12,15-16,20H,4-5,10-11H2,1-3H3,(H,26,28)/t15-,16+,20+. The summed E-state index contributed by atoms with van der Waals surface area (Å²) in [7, 11) is 1.77. The number of nitrogens with zero attached hydrogens (tertiary/aromatic N) is 6. The molecule has 2 aromatic heterocycles. The van der Waals surface area contributed by atoms with Gasteiger partial charge in [0.05, 0.1) is 0 Å². The van der Waals surface area contributed by atoms with Crippen LogP contribution < -0.4 is 15.0 Å². The smallest absolute Gasteiger partial charge is 0.321 e. The number of hydrogen-bond acceptors (Lipinski definition) is 7. The minimum absolute atomic E-state index is 0.311. The van der Waals surface area contributed by atoms with E-state index in [2.05, 4.69) is 30.3 Å². The van der Waals surface area contributed by atoms with Gasteiger partial charge in [0, 0.05) is 44.0 Å². The second-order valence-corrected chi connectivity index (χ2v) is 8.60. The maximum Gasteiger partial charge on any atom is 0.321 e. The molecule has 3 aromatic rings. The van der Waals surface area contributed by atoms with Crippen LogP contribution in [0, 0.1) is 31.5 Å². The first-order valence-electron chi connectivity index (χ1n) is 10.6. The summed E-state index contributed by atoms with van der Waals surface area (Å²) in [5.74, 6) is 2.60. The zero-order valence-corrected chi connectivity index (χ0v) is 17.9. The second-order valence-electron chi connectivity index (χ2n) is 8.60. The number of aryl methyl sites for hydroxylation is 3. The van der Waals surface area contributed by atoms with Crippen molar-refractivity contribution in [2.24, 2.45) is 18.9 Å². The number of benzene rings is 1. The largest absolute Gasteiger partial charge is 0.424 e. The first-order valence-corrected chi connectivity index (χ1v) is 10.6. The van der Waals surface area contributed by atoms with Gasteiger partial charge in [0.1, 0.15) is 23.7 Å². The fourth-order valence-corrected chi connectivity index (χ4v) is 4.80. The van der Waals surface area contributed by atoms with Gasteiger partial charge in [-0.15, -0.1) is 5.10 Å². The monoisotopic (exact) mass is 423 g/mol. The van der Waals surface area contributed by atoms with Crippen molar-refractivity contribution >= 4 is 11.8 Å². The van der Waals surface area contributed by atoms with Crippen LogP contribution in [0.4, 0.5) is 16.2 Å². The molecule has 0 amide bonds. The summed E-state index contributed by atoms with van der Waals surface area (Å²) in [6.07, 6.45) is 3.97. The van der Waals surface area contributed by atoms with Crippen LogP contribution in [0.15, 0.2) is 30.6 Å². The van der Waals surface area contributed by atoms with Crippen molar-refractivity contribution in [2.45, 2.75) is 32.7 Å². The Morgan fingerprint density at radius 1 is 1.06 bits per heavy atom. The number of halogens is 1. The lowest BCUT2D eigenvalue weighted by molar-refractivity contribution is 0.374. The number of piperidine rings is 1. The maximum atomic E-state index is 13.7. The van der Waals surface area contributed by atoms with E-state index in [0.29, 0.717) is 35.6 Å². The minimum Gasteiger partial charge on any atom is -0.424 e. The van der Waals surface area contributed by atoms with Crippen LogP contribution in [0.5, 0.6) is 11.8 Å². The van der Waals surface area contributed by atoms with E-state index < -0.39 is 0 Å². The Balaban J connectivity index is 1.28. The fourth-order valence-electron chi connectivity index (χ4n) is 4.80. The molecule has 162 valence electrons. The maximum absolute atomic E-state index is 13.7. The molecule has 1 aliphatic carbocycles. The van der Waals surface area contributed by atoms with Gasteiger partial charge in [-0.2, -0.15) is 4.98 Å². The van der Waals surface area contributed by atoms with Crippen LogP contribution in [-0.4, -0.2) is 43.9 Å². The molecule has 1 saturated carbocycles. The molecule has 2 fully saturated rings. The SMILES string of the molecule is Cc1cc(F)cc(Oc2nc(N[C@H]3[C@@H]4CC[C@H]3CN(c3cc(C)ncn3)C4)nn2C)c1. The number of anilines is 2. The Kier molecular flexibility index (Phi) is 4.95. The van der Waals surface area contributed by atoms with E-state index in [-0.39, 0.29) is 5.82 Å². The Morgan fingerprint density at radius 2 is 1.84 bits per heavy atom. The molecule has 8 nitrogen and oxygen atoms in total.